The van der Waals surface area contributed by atoms with Gasteiger partial charge in [-0.15, -0.1) is 0 Å². The Balaban J connectivity index is 1.96. The molecule has 8 heteroatoms. The van der Waals surface area contributed by atoms with E-state index in [1.807, 2.05) is 13.8 Å². The number of thiocarbonyl (C=S) groups is 1. The van der Waals surface area contributed by atoms with E-state index in [1.165, 1.54) is 7.11 Å². The van der Waals surface area contributed by atoms with Gasteiger partial charge in [-0.05, 0) is 50.3 Å². The van der Waals surface area contributed by atoms with Gasteiger partial charge in [-0.25, -0.2) is 0 Å². The van der Waals surface area contributed by atoms with Gasteiger partial charge in [-0.2, -0.15) is 0 Å². The van der Waals surface area contributed by atoms with Crippen LogP contribution in [0.5, 0.6) is 11.5 Å². The standard InChI is InChI=1S/C19H21N3O4S/c1-12(2)26-16-11-7-5-9-14(16)17(23)20-19(27)22-21-18(24)13-8-4-6-10-15(13)25-3/h4-12H,1-3H3,(H,21,24)(H2,20,22,23,27). The molecule has 0 heterocycles. The summed E-state index contributed by atoms with van der Waals surface area (Å²) in [6.45, 7) is 3.74. The topological polar surface area (TPSA) is 88.7 Å². The van der Waals surface area contributed by atoms with Gasteiger partial charge < -0.3 is 9.47 Å². The van der Waals surface area contributed by atoms with E-state index >= 15 is 0 Å². The number of ether oxygens (including phenoxy) is 2. The molecule has 0 aliphatic heterocycles. The Labute approximate surface area is 163 Å². The normalized spacial score (nSPS) is 10.1. The fraction of sp³-hybridized carbons (Fsp3) is 0.211. The molecule has 0 spiro atoms. The Bertz CT molecular complexity index is 839. The van der Waals surface area contributed by atoms with Crippen molar-refractivity contribution in [3.05, 3.63) is 59.7 Å². The highest BCUT2D eigenvalue weighted by atomic mass is 32.1. The lowest BCUT2D eigenvalue weighted by Crippen LogP contribution is -2.48. The molecule has 0 atom stereocenters. The van der Waals surface area contributed by atoms with Crippen LogP contribution < -0.4 is 25.6 Å². The smallest absolute Gasteiger partial charge is 0.273 e. The van der Waals surface area contributed by atoms with E-state index in [4.69, 9.17) is 21.7 Å². The van der Waals surface area contributed by atoms with Crippen LogP contribution in [0.2, 0.25) is 0 Å². The van der Waals surface area contributed by atoms with Crippen molar-refractivity contribution >= 4 is 29.1 Å². The quantitative estimate of drug-likeness (QED) is 0.539. The second kappa shape index (κ2) is 9.54. The van der Waals surface area contributed by atoms with Crippen molar-refractivity contribution in [1.82, 2.24) is 16.2 Å². The third kappa shape index (κ3) is 5.68. The molecule has 27 heavy (non-hydrogen) atoms. The minimum atomic E-state index is -0.451. The second-order valence-corrected chi connectivity index (χ2v) is 6.13. The predicted molar refractivity (Wildman–Crippen MR) is 106 cm³/mol. The monoisotopic (exact) mass is 387 g/mol. The highest BCUT2D eigenvalue weighted by Crippen LogP contribution is 2.19. The number of amides is 2. The third-order valence-corrected chi connectivity index (χ3v) is 3.57. The highest BCUT2D eigenvalue weighted by molar-refractivity contribution is 7.80. The van der Waals surface area contributed by atoms with Gasteiger partial charge in [0.1, 0.15) is 11.5 Å². The Morgan fingerprint density at radius 3 is 2.04 bits per heavy atom. The van der Waals surface area contributed by atoms with Crippen LogP contribution in [0, 0.1) is 0 Å². The van der Waals surface area contributed by atoms with Crippen LogP contribution in [-0.4, -0.2) is 30.1 Å². The van der Waals surface area contributed by atoms with Gasteiger partial charge in [0.25, 0.3) is 11.8 Å². The molecule has 0 saturated heterocycles. The number of rotatable bonds is 5. The van der Waals surface area contributed by atoms with Crippen LogP contribution in [-0.2, 0) is 0 Å². The van der Waals surface area contributed by atoms with Crippen molar-refractivity contribution in [3.8, 4) is 11.5 Å². The van der Waals surface area contributed by atoms with Gasteiger partial charge in [0.15, 0.2) is 5.11 Å². The summed E-state index contributed by atoms with van der Waals surface area (Å²) in [5.74, 6) is -0.0275. The molecule has 0 fully saturated rings. The van der Waals surface area contributed by atoms with Crippen molar-refractivity contribution in [2.75, 3.05) is 7.11 Å². The summed E-state index contributed by atoms with van der Waals surface area (Å²) < 4.78 is 10.8. The maximum Gasteiger partial charge on any atom is 0.273 e. The number of carbonyl (C=O) groups excluding carboxylic acids is 2. The minimum Gasteiger partial charge on any atom is -0.496 e. The predicted octanol–water partition coefficient (Wildman–Crippen LogP) is 2.43. The number of methoxy groups -OCH3 is 1. The summed E-state index contributed by atoms with van der Waals surface area (Å²) in [6.07, 6.45) is -0.0795. The van der Waals surface area contributed by atoms with Crippen molar-refractivity contribution in [1.29, 1.82) is 0 Å². The van der Waals surface area contributed by atoms with Gasteiger partial charge >= 0.3 is 0 Å². The van der Waals surface area contributed by atoms with Crippen LogP contribution in [0.25, 0.3) is 0 Å². The first-order valence-corrected chi connectivity index (χ1v) is 8.63. The summed E-state index contributed by atoms with van der Waals surface area (Å²) in [5, 5.41) is 2.45. The average molecular weight is 387 g/mol. The second-order valence-electron chi connectivity index (χ2n) is 5.73. The van der Waals surface area contributed by atoms with Gasteiger partial charge in [0.2, 0.25) is 0 Å². The number of benzene rings is 2. The van der Waals surface area contributed by atoms with Gasteiger partial charge in [-0.1, -0.05) is 24.3 Å². The molecule has 2 rings (SSSR count). The van der Waals surface area contributed by atoms with E-state index in [1.54, 1.807) is 48.5 Å². The van der Waals surface area contributed by atoms with E-state index < -0.39 is 11.8 Å². The van der Waals surface area contributed by atoms with Crippen LogP contribution in [0.15, 0.2) is 48.5 Å². The van der Waals surface area contributed by atoms with Crippen molar-refractivity contribution in [2.24, 2.45) is 0 Å². The molecular weight excluding hydrogens is 366 g/mol. The molecule has 142 valence electrons. The lowest BCUT2D eigenvalue weighted by Gasteiger charge is -2.15. The Hall–Kier alpha value is -3.13. The molecule has 3 N–H and O–H groups in total. The summed E-state index contributed by atoms with van der Waals surface area (Å²) in [6, 6.07) is 13.6. The molecule has 0 saturated carbocycles. The van der Waals surface area contributed by atoms with Crippen molar-refractivity contribution in [2.45, 2.75) is 20.0 Å². The van der Waals surface area contributed by atoms with Crippen molar-refractivity contribution < 1.29 is 19.1 Å². The first kappa shape index (κ1) is 20.2. The molecule has 0 aliphatic rings. The number of nitrogens with one attached hydrogen (secondary N) is 3. The number of hydrogen-bond acceptors (Lipinski definition) is 5. The van der Waals surface area contributed by atoms with Crippen LogP contribution >= 0.6 is 12.2 Å². The van der Waals surface area contributed by atoms with Crippen LogP contribution in [0.4, 0.5) is 0 Å². The maximum atomic E-state index is 12.4. The molecule has 0 bridgehead atoms. The van der Waals surface area contributed by atoms with Gasteiger partial charge in [0, 0.05) is 0 Å². The van der Waals surface area contributed by atoms with Gasteiger partial charge in [-0.3, -0.25) is 25.8 Å². The number of hydrogen-bond donors (Lipinski definition) is 3. The van der Waals surface area contributed by atoms with Crippen LogP contribution in [0.1, 0.15) is 34.6 Å². The highest BCUT2D eigenvalue weighted by Gasteiger charge is 2.15. The third-order valence-electron chi connectivity index (χ3n) is 3.36. The number of hydrazine groups is 1. The largest absolute Gasteiger partial charge is 0.496 e. The zero-order valence-electron chi connectivity index (χ0n) is 15.2. The maximum absolute atomic E-state index is 12.4. The molecule has 2 amide bonds. The van der Waals surface area contributed by atoms with Crippen molar-refractivity contribution in [3.63, 3.8) is 0 Å². The Kier molecular flexibility index (Phi) is 7.13. The van der Waals surface area contributed by atoms with Gasteiger partial charge in [0.05, 0.1) is 24.3 Å². The number of carbonyl (C=O) groups is 2. The SMILES string of the molecule is COc1ccccc1C(=O)NNC(=S)NC(=O)c1ccccc1OC(C)C. The lowest BCUT2D eigenvalue weighted by atomic mass is 10.2. The molecule has 0 unspecified atom stereocenters. The molecule has 7 nitrogen and oxygen atoms in total. The lowest BCUT2D eigenvalue weighted by molar-refractivity contribution is 0.0930. The fourth-order valence-corrected chi connectivity index (χ4v) is 2.37. The summed E-state index contributed by atoms with van der Waals surface area (Å²) in [5.41, 5.74) is 5.59. The average Bonchev–Trinajstić information content (AvgIpc) is 2.66. The van der Waals surface area contributed by atoms with Crippen LogP contribution in [0.3, 0.4) is 0 Å². The Morgan fingerprint density at radius 2 is 1.44 bits per heavy atom. The van der Waals surface area contributed by atoms with E-state index in [9.17, 15) is 9.59 Å². The van der Waals surface area contributed by atoms with E-state index in [-0.39, 0.29) is 11.2 Å². The fourth-order valence-electron chi connectivity index (χ4n) is 2.23. The Morgan fingerprint density at radius 1 is 0.889 bits per heavy atom. The summed E-state index contributed by atoms with van der Waals surface area (Å²) in [4.78, 5) is 24.6. The molecule has 0 aliphatic carbocycles. The minimum absolute atomic E-state index is 0.0532. The molecule has 2 aromatic carbocycles. The van der Waals surface area contributed by atoms with E-state index in [2.05, 4.69) is 16.2 Å². The number of para-hydroxylation sites is 2. The molecule has 0 aromatic heterocycles. The zero-order chi connectivity index (χ0) is 19.8. The van der Waals surface area contributed by atoms with E-state index in [0.717, 1.165) is 0 Å². The molecule has 0 radical (unpaired) electrons. The van der Waals surface area contributed by atoms with E-state index in [0.29, 0.717) is 22.6 Å². The molecular formula is C19H21N3O4S. The first-order chi connectivity index (χ1) is 12.9. The molecule has 2 aromatic rings. The zero-order valence-corrected chi connectivity index (χ0v) is 16.1. The summed E-state index contributed by atoms with van der Waals surface area (Å²) >= 11 is 5.06. The summed E-state index contributed by atoms with van der Waals surface area (Å²) in [7, 11) is 1.47. The first-order valence-electron chi connectivity index (χ1n) is 8.22.